The molecule has 0 bridgehead atoms. The summed E-state index contributed by atoms with van der Waals surface area (Å²) in [5.41, 5.74) is 8.99. The Labute approximate surface area is 286 Å². The summed E-state index contributed by atoms with van der Waals surface area (Å²) in [5.74, 6) is -0.602. The van der Waals surface area contributed by atoms with Crippen molar-refractivity contribution in [3.63, 3.8) is 0 Å². The van der Waals surface area contributed by atoms with Gasteiger partial charge in [-0.25, -0.2) is 13.4 Å². The third-order valence-electron chi connectivity index (χ3n) is 8.47. The fourth-order valence-electron chi connectivity index (χ4n) is 5.88. The van der Waals surface area contributed by atoms with E-state index >= 15 is 0 Å². The van der Waals surface area contributed by atoms with Gasteiger partial charge in [-0.3, -0.25) is 14.5 Å². The first-order valence-electron chi connectivity index (χ1n) is 16.2. The maximum atomic E-state index is 14.2. The van der Waals surface area contributed by atoms with E-state index in [0.29, 0.717) is 38.7 Å². The van der Waals surface area contributed by atoms with Crippen LogP contribution < -0.4 is 16.4 Å². The van der Waals surface area contributed by atoms with Crippen LogP contribution in [-0.4, -0.2) is 84.4 Å². The van der Waals surface area contributed by atoms with Gasteiger partial charge >= 0.3 is 0 Å². The fourth-order valence-corrected chi connectivity index (χ4v) is 8.53. The summed E-state index contributed by atoms with van der Waals surface area (Å²) in [6.07, 6.45) is 1.21. The zero-order valence-electron chi connectivity index (χ0n) is 27.6. The summed E-state index contributed by atoms with van der Waals surface area (Å²) in [6.45, 7) is 7.58. The molecule has 1 aliphatic rings. The summed E-state index contributed by atoms with van der Waals surface area (Å²) in [4.78, 5) is 32.7. The standard InChI is InChI=1S/C35H44N6O5S2/c1-23(2)20-41(21-31(42)30(18-25-10-5-4-6-11-25)37-34(44)27-12-9-13-28(36)24(27)3)48(45,46)26-14-15-29-32(19-26)47-35(38-29)39-33(43)22-40-16-7-8-17-40/h4-6,9-15,19,23,30-31,42H,7-8,16-18,20-22,36H2,1-3H3,(H,37,44)(H,38,39,43)/t30-,31+/m0/s1. The third kappa shape index (κ3) is 8.77. The topological polar surface area (TPSA) is 158 Å². The van der Waals surface area contributed by atoms with E-state index in [1.54, 1.807) is 37.3 Å². The molecule has 1 aliphatic heterocycles. The van der Waals surface area contributed by atoms with Crippen molar-refractivity contribution in [1.82, 2.24) is 19.5 Å². The van der Waals surface area contributed by atoms with Gasteiger partial charge in [0.2, 0.25) is 15.9 Å². The quantitative estimate of drug-likeness (QED) is 0.143. The lowest BCUT2D eigenvalue weighted by Crippen LogP contribution is -2.51. The second-order valence-electron chi connectivity index (χ2n) is 12.8. The van der Waals surface area contributed by atoms with E-state index in [9.17, 15) is 23.1 Å². The van der Waals surface area contributed by atoms with E-state index in [2.05, 4.69) is 20.5 Å². The maximum absolute atomic E-state index is 14.2. The molecule has 5 rings (SSSR count). The number of benzene rings is 3. The lowest BCUT2D eigenvalue weighted by atomic mass is 9.99. The van der Waals surface area contributed by atoms with Crippen molar-refractivity contribution in [2.45, 2.75) is 57.1 Å². The molecule has 0 spiro atoms. The lowest BCUT2D eigenvalue weighted by molar-refractivity contribution is -0.117. The maximum Gasteiger partial charge on any atom is 0.251 e. The fraction of sp³-hybridized carbons (Fsp3) is 0.400. The van der Waals surface area contributed by atoms with Crippen LogP contribution in [0, 0.1) is 12.8 Å². The molecule has 2 atom stereocenters. The number of anilines is 2. The van der Waals surface area contributed by atoms with Crippen LogP contribution in [0.15, 0.2) is 71.6 Å². The second-order valence-corrected chi connectivity index (χ2v) is 15.7. The van der Waals surface area contributed by atoms with E-state index in [-0.39, 0.29) is 36.2 Å². The van der Waals surface area contributed by atoms with Crippen LogP contribution in [0.2, 0.25) is 0 Å². The van der Waals surface area contributed by atoms with Gasteiger partial charge in [-0.1, -0.05) is 61.6 Å². The number of rotatable bonds is 14. The summed E-state index contributed by atoms with van der Waals surface area (Å²) >= 11 is 1.22. The molecule has 1 aromatic heterocycles. The number of nitrogens with one attached hydrogen (secondary N) is 2. The van der Waals surface area contributed by atoms with Crippen LogP contribution in [0.1, 0.15) is 48.2 Å². The number of sulfonamides is 1. The first kappa shape index (κ1) is 35.4. The number of aromatic nitrogens is 1. The molecule has 3 aromatic carbocycles. The summed E-state index contributed by atoms with van der Waals surface area (Å²) in [6, 6.07) is 18.4. The molecule has 2 amide bonds. The highest BCUT2D eigenvalue weighted by Crippen LogP contribution is 2.30. The highest BCUT2D eigenvalue weighted by atomic mass is 32.2. The minimum atomic E-state index is -4.08. The summed E-state index contributed by atoms with van der Waals surface area (Å²) in [7, 11) is -4.08. The van der Waals surface area contributed by atoms with Gasteiger partial charge in [0.05, 0.1) is 33.8 Å². The van der Waals surface area contributed by atoms with E-state index in [4.69, 9.17) is 5.73 Å². The number of amides is 2. The Bertz CT molecular complexity index is 1840. The number of aliphatic hydroxyl groups excluding tert-OH is 1. The molecule has 0 aliphatic carbocycles. The number of carbonyl (C=O) groups is 2. The molecule has 13 heteroatoms. The number of fused-ring (bicyclic) bond motifs is 1. The number of nitrogens with zero attached hydrogens (tertiary/aromatic N) is 3. The normalized spacial score (nSPS) is 15.2. The molecule has 4 aromatic rings. The van der Waals surface area contributed by atoms with Crippen molar-refractivity contribution in [3.8, 4) is 0 Å². The average molecular weight is 693 g/mol. The number of hydrogen-bond donors (Lipinski definition) is 4. The third-order valence-corrected chi connectivity index (χ3v) is 11.2. The molecule has 1 saturated heterocycles. The Morgan fingerprint density at radius 2 is 1.77 bits per heavy atom. The minimum absolute atomic E-state index is 0.0476. The molecule has 0 unspecified atom stereocenters. The van der Waals surface area contributed by atoms with E-state index < -0.39 is 28.1 Å². The van der Waals surface area contributed by atoms with E-state index in [1.807, 2.05) is 44.2 Å². The van der Waals surface area contributed by atoms with Crippen molar-refractivity contribution in [3.05, 3.63) is 83.4 Å². The first-order valence-corrected chi connectivity index (χ1v) is 18.5. The van der Waals surface area contributed by atoms with Crippen molar-refractivity contribution in [2.24, 2.45) is 5.92 Å². The minimum Gasteiger partial charge on any atom is -0.398 e. The monoisotopic (exact) mass is 692 g/mol. The lowest BCUT2D eigenvalue weighted by Gasteiger charge is -2.31. The number of aliphatic hydroxyl groups is 1. The largest absolute Gasteiger partial charge is 0.398 e. The zero-order valence-corrected chi connectivity index (χ0v) is 29.2. The molecule has 5 N–H and O–H groups in total. The van der Waals surface area contributed by atoms with Gasteiger partial charge in [-0.2, -0.15) is 4.31 Å². The molecule has 11 nitrogen and oxygen atoms in total. The van der Waals surface area contributed by atoms with Crippen LogP contribution >= 0.6 is 11.3 Å². The number of likely N-dealkylation sites (tertiary alicyclic amines) is 1. The van der Waals surface area contributed by atoms with Crippen molar-refractivity contribution < 1.29 is 23.1 Å². The molecule has 1 fully saturated rings. The van der Waals surface area contributed by atoms with Crippen molar-refractivity contribution in [2.75, 3.05) is 43.8 Å². The zero-order chi connectivity index (χ0) is 34.4. The molecule has 2 heterocycles. The van der Waals surface area contributed by atoms with Gasteiger partial charge in [0.15, 0.2) is 5.13 Å². The van der Waals surface area contributed by atoms with Crippen LogP contribution in [-0.2, 0) is 21.2 Å². The van der Waals surface area contributed by atoms with Gasteiger partial charge in [0, 0.05) is 24.3 Å². The van der Waals surface area contributed by atoms with Gasteiger partial charge in [-0.05, 0) is 86.7 Å². The predicted molar refractivity (Wildman–Crippen MR) is 191 cm³/mol. The Balaban J connectivity index is 1.37. The van der Waals surface area contributed by atoms with Gasteiger partial charge in [-0.15, -0.1) is 0 Å². The van der Waals surface area contributed by atoms with Gasteiger partial charge < -0.3 is 21.5 Å². The molecular formula is C35H44N6O5S2. The van der Waals surface area contributed by atoms with Crippen LogP contribution in [0.4, 0.5) is 10.8 Å². The number of nitrogens with two attached hydrogens (primary N) is 1. The number of thiazole rings is 1. The van der Waals surface area contributed by atoms with E-state index in [0.717, 1.165) is 31.5 Å². The van der Waals surface area contributed by atoms with Crippen molar-refractivity contribution >= 4 is 54.2 Å². The SMILES string of the molecule is Cc1c(N)cccc1C(=O)N[C@@H](Cc1ccccc1)[C@H](O)CN(CC(C)C)S(=O)(=O)c1ccc2nc(NC(=O)CN3CCCC3)sc2c1. The summed E-state index contributed by atoms with van der Waals surface area (Å²) < 4.78 is 30.2. The molecular weight excluding hydrogens is 649 g/mol. The van der Waals surface area contributed by atoms with E-state index in [1.165, 1.54) is 21.7 Å². The number of carbonyl (C=O) groups excluding carboxylic acids is 2. The number of hydrogen-bond acceptors (Lipinski definition) is 9. The smallest absolute Gasteiger partial charge is 0.251 e. The number of nitrogen functional groups attached to an aromatic ring is 1. The predicted octanol–water partition coefficient (Wildman–Crippen LogP) is 4.27. The Morgan fingerprint density at radius 1 is 1.04 bits per heavy atom. The Morgan fingerprint density at radius 3 is 2.48 bits per heavy atom. The molecule has 0 saturated carbocycles. The van der Waals surface area contributed by atoms with Crippen molar-refractivity contribution in [1.29, 1.82) is 0 Å². The highest BCUT2D eigenvalue weighted by molar-refractivity contribution is 7.89. The Kier molecular flexibility index (Phi) is 11.5. The second kappa shape index (κ2) is 15.6. The molecule has 48 heavy (non-hydrogen) atoms. The van der Waals surface area contributed by atoms with Crippen LogP contribution in [0.3, 0.4) is 0 Å². The van der Waals surface area contributed by atoms with Crippen LogP contribution in [0.5, 0.6) is 0 Å². The Hall–Kier alpha value is -3.88. The average Bonchev–Trinajstić information content (AvgIpc) is 3.70. The van der Waals surface area contributed by atoms with Crippen LogP contribution in [0.25, 0.3) is 10.2 Å². The molecule has 256 valence electrons. The highest BCUT2D eigenvalue weighted by Gasteiger charge is 2.32. The first-order chi connectivity index (χ1) is 22.9. The van der Waals surface area contributed by atoms with Gasteiger partial charge in [0.1, 0.15) is 0 Å². The van der Waals surface area contributed by atoms with Gasteiger partial charge in [0.25, 0.3) is 5.91 Å². The molecule has 0 radical (unpaired) electrons. The summed E-state index contributed by atoms with van der Waals surface area (Å²) in [5, 5.41) is 17.9.